The molecule has 0 aliphatic rings. The summed E-state index contributed by atoms with van der Waals surface area (Å²) < 4.78 is 5.20. The van der Waals surface area contributed by atoms with Crippen LogP contribution in [0.25, 0.3) is 0 Å². The number of aromatic amines is 1. The summed E-state index contributed by atoms with van der Waals surface area (Å²) in [7, 11) is 1.64. The smallest absolute Gasteiger partial charge is 0.156 e. The van der Waals surface area contributed by atoms with E-state index in [0.29, 0.717) is 5.82 Å². The van der Waals surface area contributed by atoms with Crippen molar-refractivity contribution in [3.05, 3.63) is 41.5 Å². The molecule has 1 heterocycles. The number of H-pyrrole nitrogens is 1. The van der Waals surface area contributed by atoms with Crippen molar-refractivity contribution in [2.75, 3.05) is 7.11 Å². The highest BCUT2D eigenvalue weighted by atomic mass is 16.5. The lowest BCUT2D eigenvalue weighted by molar-refractivity contribution is 0.414. The van der Waals surface area contributed by atoms with Crippen LogP contribution in [0.1, 0.15) is 44.0 Å². The van der Waals surface area contributed by atoms with Crippen LogP contribution in [0.15, 0.2) is 24.3 Å². The molecule has 0 saturated carbocycles. The first-order chi connectivity index (χ1) is 8.91. The van der Waals surface area contributed by atoms with Gasteiger partial charge in [0.05, 0.1) is 13.2 Å². The molecule has 0 aliphatic carbocycles. The molecule has 3 N–H and O–H groups in total. The zero-order valence-electron chi connectivity index (χ0n) is 11.8. The molecule has 0 saturated heterocycles. The minimum absolute atomic E-state index is 0.0944. The molecule has 1 aromatic heterocycles. The van der Waals surface area contributed by atoms with Gasteiger partial charge in [0.1, 0.15) is 11.6 Å². The number of hydrogen-bond donors (Lipinski definition) is 2. The second-order valence-electron chi connectivity index (χ2n) is 5.55. The second kappa shape index (κ2) is 5.01. The quantitative estimate of drug-likeness (QED) is 0.886. The summed E-state index contributed by atoms with van der Waals surface area (Å²) >= 11 is 0. The van der Waals surface area contributed by atoms with Crippen LogP contribution in [0.4, 0.5) is 0 Å². The average Bonchev–Trinajstić information content (AvgIpc) is 2.87. The molecule has 0 amide bonds. The van der Waals surface area contributed by atoms with Crippen LogP contribution in [-0.2, 0) is 5.41 Å². The monoisotopic (exact) mass is 260 g/mol. The van der Waals surface area contributed by atoms with E-state index in [1.54, 1.807) is 7.11 Å². The fourth-order valence-electron chi connectivity index (χ4n) is 1.74. The minimum atomic E-state index is -0.335. The van der Waals surface area contributed by atoms with Gasteiger partial charge in [-0.25, -0.2) is 4.98 Å². The summed E-state index contributed by atoms with van der Waals surface area (Å²) in [6.45, 7) is 6.20. The van der Waals surface area contributed by atoms with E-state index in [1.807, 2.05) is 24.3 Å². The van der Waals surface area contributed by atoms with E-state index in [4.69, 9.17) is 10.5 Å². The first-order valence-corrected chi connectivity index (χ1v) is 6.24. The van der Waals surface area contributed by atoms with Crippen LogP contribution in [0.3, 0.4) is 0 Å². The number of nitrogens with one attached hydrogen (secondary N) is 1. The number of nitrogens with zero attached hydrogens (tertiary/aromatic N) is 2. The van der Waals surface area contributed by atoms with Gasteiger partial charge in [-0.3, -0.25) is 5.10 Å². The summed E-state index contributed by atoms with van der Waals surface area (Å²) in [6, 6.07) is 7.32. The predicted molar refractivity (Wildman–Crippen MR) is 74.1 cm³/mol. The maximum Gasteiger partial charge on any atom is 0.156 e. The lowest BCUT2D eigenvalue weighted by atomic mass is 9.96. The molecule has 1 atom stereocenters. The number of hydrogen-bond acceptors (Lipinski definition) is 4. The van der Waals surface area contributed by atoms with E-state index >= 15 is 0 Å². The molecule has 19 heavy (non-hydrogen) atoms. The van der Waals surface area contributed by atoms with Crippen LogP contribution in [0, 0.1) is 0 Å². The summed E-state index contributed by atoms with van der Waals surface area (Å²) in [4.78, 5) is 4.48. The molecule has 5 nitrogen and oxygen atoms in total. The Labute approximate surface area is 113 Å². The van der Waals surface area contributed by atoms with Gasteiger partial charge in [0.2, 0.25) is 0 Å². The number of benzene rings is 1. The summed E-state index contributed by atoms with van der Waals surface area (Å²) in [5, 5.41) is 7.15. The van der Waals surface area contributed by atoms with Crippen molar-refractivity contribution >= 4 is 0 Å². The first-order valence-electron chi connectivity index (χ1n) is 6.24. The third-order valence-corrected chi connectivity index (χ3v) is 2.92. The van der Waals surface area contributed by atoms with Gasteiger partial charge in [0, 0.05) is 5.41 Å². The van der Waals surface area contributed by atoms with Crippen LogP contribution in [0.2, 0.25) is 0 Å². The van der Waals surface area contributed by atoms with Gasteiger partial charge < -0.3 is 10.5 Å². The lowest BCUT2D eigenvalue weighted by Gasteiger charge is -2.13. The van der Waals surface area contributed by atoms with Crippen LogP contribution in [-0.4, -0.2) is 22.3 Å². The standard InChI is InChI=1S/C14H20N4O/c1-14(2,3)13-16-12(17-18-13)11(15)9-6-5-7-10(8-9)19-4/h5-8,11H,15H2,1-4H3,(H,16,17,18). The Hall–Kier alpha value is -1.88. The van der Waals surface area contributed by atoms with Crippen molar-refractivity contribution in [1.82, 2.24) is 15.2 Å². The van der Waals surface area contributed by atoms with Crippen molar-refractivity contribution in [3.8, 4) is 5.75 Å². The van der Waals surface area contributed by atoms with Crippen LogP contribution < -0.4 is 10.5 Å². The fraction of sp³-hybridized carbons (Fsp3) is 0.429. The third-order valence-electron chi connectivity index (χ3n) is 2.92. The van der Waals surface area contributed by atoms with Gasteiger partial charge in [0.15, 0.2) is 5.82 Å². The minimum Gasteiger partial charge on any atom is -0.497 e. The lowest BCUT2D eigenvalue weighted by Crippen LogP contribution is -2.16. The normalized spacial score (nSPS) is 13.3. The SMILES string of the molecule is COc1cccc(C(N)c2nc(C(C)(C)C)n[nH]2)c1. The maximum atomic E-state index is 6.21. The van der Waals surface area contributed by atoms with Gasteiger partial charge in [0.25, 0.3) is 0 Å². The molecule has 0 spiro atoms. The predicted octanol–water partition coefficient (Wildman–Crippen LogP) is 2.16. The van der Waals surface area contributed by atoms with Crippen LogP contribution in [0.5, 0.6) is 5.75 Å². The van der Waals surface area contributed by atoms with Crippen molar-refractivity contribution < 1.29 is 4.74 Å². The molecular formula is C14H20N4O. The molecule has 0 aliphatic heterocycles. The Morgan fingerprint density at radius 2 is 2.05 bits per heavy atom. The van der Waals surface area contributed by atoms with E-state index < -0.39 is 0 Å². The van der Waals surface area contributed by atoms with Crippen molar-refractivity contribution in [3.63, 3.8) is 0 Å². The number of aromatic nitrogens is 3. The highest BCUT2D eigenvalue weighted by molar-refractivity contribution is 5.33. The largest absolute Gasteiger partial charge is 0.497 e. The van der Waals surface area contributed by atoms with E-state index in [0.717, 1.165) is 17.1 Å². The average molecular weight is 260 g/mol. The number of ether oxygens (including phenoxy) is 1. The Kier molecular flexibility index (Phi) is 3.57. The molecular weight excluding hydrogens is 240 g/mol. The molecule has 0 bridgehead atoms. The molecule has 2 rings (SSSR count). The fourth-order valence-corrected chi connectivity index (χ4v) is 1.74. The van der Waals surface area contributed by atoms with E-state index in [2.05, 4.69) is 36.0 Å². The molecule has 1 unspecified atom stereocenters. The Bertz CT molecular complexity index is 557. The highest BCUT2D eigenvalue weighted by Gasteiger charge is 2.22. The summed E-state index contributed by atoms with van der Waals surface area (Å²) in [5.74, 6) is 2.21. The van der Waals surface area contributed by atoms with E-state index in [-0.39, 0.29) is 11.5 Å². The van der Waals surface area contributed by atoms with Gasteiger partial charge in [-0.05, 0) is 17.7 Å². The summed E-state index contributed by atoms with van der Waals surface area (Å²) in [6.07, 6.45) is 0. The highest BCUT2D eigenvalue weighted by Crippen LogP contribution is 2.23. The number of methoxy groups -OCH3 is 1. The molecule has 0 radical (unpaired) electrons. The first kappa shape index (κ1) is 13.5. The van der Waals surface area contributed by atoms with Crippen molar-refractivity contribution in [2.45, 2.75) is 32.2 Å². The number of nitrogens with two attached hydrogens (primary N) is 1. The number of rotatable bonds is 3. The molecule has 0 fully saturated rings. The maximum absolute atomic E-state index is 6.21. The van der Waals surface area contributed by atoms with Crippen molar-refractivity contribution in [2.24, 2.45) is 5.73 Å². The van der Waals surface area contributed by atoms with E-state index in [1.165, 1.54) is 0 Å². The molecule has 1 aromatic carbocycles. The third kappa shape index (κ3) is 2.93. The molecule has 5 heteroatoms. The summed E-state index contributed by atoms with van der Waals surface area (Å²) in [5.41, 5.74) is 7.05. The van der Waals surface area contributed by atoms with Gasteiger partial charge in [-0.15, -0.1) is 0 Å². The van der Waals surface area contributed by atoms with Gasteiger partial charge in [-0.1, -0.05) is 32.9 Å². The topological polar surface area (TPSA) is 76.8 Å². The van der Waals surface area contributed by atoms with E-state index in [9.17, 15) is 0 Å². The zero-order valence-corrected chi connectivity index (χ0v) is 11.8. The van der Waals surface area contributed by atoms with Gasteiger partial charge >= 0.3 is 0 Å². The van der Waals surface area contributed by atoms with Crippen LogP contribution >= 0.6 is 0 Å². The molecule has 2 aromatic rings. The second-order valence-corrected chi connectivity index (χ2v) is 5.55. The molecule has 102 valence electrons. The Morgan fingerprint density at radius 3 is 2.63 bits per heavy atom. The van der Waals surface area contributed by atoms with Crippen molar-refractivity contribution in [1.29, 1.82) is 0 Å². The Balaban J connectivity index is 2.28. The van der Waals surface area contributed by atoms with Gasteiger partial charge in [-0.2, -0.15) is 5.10 Å². The zero-order chi connectivity index (χ0) is 14.0. The Morgan fingerprint density at radius 1 is 1.32 bits per heavy atom.